The Bertz CT molecular complexity index is 1320. The number of halogens is 7. The van der Waals surface area contributed by atoms with E-state index in [1.807, 2.05) is 6.92 Å². The first-order valence-corrected chi connectivity index (χ1v) is 12.8. The Morgan fingerprint density at radius 1 is 0.900 bits per heavy atom. The highest BCUT2D eigenvalue weighted by atomic mass is 35.5. The second kappa shape index (κ2) is 11.2. The lowest BCUT2D eigenvalue weighted by molar-refractivity contribution is -0.147. The molecule has 1 N–H and O–H groups in total. The minimum Gasteiger partial charge on any atom is -0.322 e. The van der Waals surface area contributed by atoms with Gasteiger partial charge in [0, 0.05) is 29.0 Å². The molecule has 2 aromatic carbocycles. The van der Waals surface area contributed by atoms with E-state index in [0.717, 1.165) is 0 Å². The van der Waals surface area contributed by atoms with Gasteiger partial charge in [0.15, 0.2) is 0 Å². The lowest BCUT2D eigenvalue weighted by Gasteiger charge is -2.22. The minimum atomic E-state index is -4.71. The Labute approximate surface area is 230 Å². The molecule has 0 saturated carbocycles. The molecule has 0 spiro atoms. The fourth-order valence-corrected chi connectivity index (χ4v) is 5.25. The molecule has 1 saturated heterocycles. The zero-order valence-electron chi connectivity index (χ0n) is 21.1. The van der Waals surface area contributed by atoms with Gasteiger partial charge in [-0.3, -0.25) is 14.4 Å². The van der Waals surface area contributed by atoms with Crippen LogP contribution in [0.25, 0.3) is 0 Å². The number of anilines is 1. The summed E-state index contributed by atoms with van der Waals surface area (Å²) in [5.41, 5.74) is 2.09. The molecule has 3 atom stereocenters. The first kappa shape index (κ1) is 29.6. The zero-order chi connectivity index (χ0) is 29.4. The van der Waals surface area contributed by atoms with Gasteiger partial charge >= 0.3 is 12.4 Å². The van der Waals surface area contributed by atoms with Crippen LogP contribution < -0.4 is 5.32 Å². The molecule has 0 bridgehead atoms. The molecule has 4 rings (SSSR count). The number of fused-ring (bicyclic) bond motifs is 1. The number of imide groups is 1. The summed E-state index contributed by atoms with van der Waals surface area (Å²) in [6.45, 7) is 1.84. The van der Waals surface area contributed by atoms with Gasteiger partial charge in [-0.25, -0.2) is 9.89 Å². The normalized spacial score (nSPS) is 21.7. The predicted molar refractivity (Wildman–Crippen MR) is 135 cm³/mol. The van der Waals surface area contributed by atoms with Crippen LogP contribution in [-0.4, -0.2) is 46.9 Å². The SMILES string of the molecule is CCc1cccc2c1NC(=O)[C@H](N1C(=O)[C@@H](CCC(F)(F)F)[C@@H](CCC(F)(F)F)C1=O)N=C2c1cccc(Cl)c1. The van der Waals surface area contributed by atoms with Crippen molar-refractivity contribution in [3.8, 4) is 0 Å². The van der Waals surface area contributed by atoms with Crippen molar-refractivity contribution in [1.29, 1.82) is 0 Å². The molecule has 0 radical (unpaired) electrons. The van der Waals surface area contributed by atoms with Crippen LogP contribution >= 0.6 is 11.6 Å². The maximum absolute atomic E-state index is 13.5. The monoisotopic (exact) mass is 587 g/mol. The maximum atomic E-state index is 13.5. The third-order valence-electron chi connectivity index (χ3n) is 6.94. The molecule has 0 aliphatic carbocycles. The molecule has 2 heterocycles. The van der Waals surface area contributed by atoms with E-state index in [1.165, 1.54) is 0 Å². The van der Waals surface area contributed by atoms with Crippen molar-refractivity contribution in [2.75, 3.05) is 5.32 Å². The second-order valence-corrected chi connectivity index (χ2v) is 10.0. The van der Waals surface area contributed by atoms with E-state index in [9.17, 15) is 40.7 Å². The largest absolute Gasteiger partial charge is 0.389 e. The quantitative estimate of drug-likeness (QED) is 0.305. The summed E-state index contributed by atoms with van der Waals surface area (Å²) >= 11 is 6.17. The van der Waals surface area contributed by atoms with Gasteiger partial charge in [0.25, 0.3) is 5.91 Å². The molecular formula is C27H24ClF6N3O3. The average molecular weight is 588 g/mol. The molecule has 1 fully saturated rings. The number of hydrogen-bond acceptors (Lipinski definition) is 4. The van der Waals surface area contributed by atoms with E-state index in [0.29, 0.717) is 38.7 Å². The number of rotatable bonds is 7. The summed E-state index contributed by atoms with van der Waals surface area (Å²) in [4.78, 5) is 45.1. The van der Waals surface area contributed by atoms with Gasteiger partial charge in [-0.1, -0.05) is 48.9 Å². The van der Waals surface area contributed by atoms with Crippen molar-refractivity contribution in [3.63, 3.8) is 0 Å². The number of likely N-dealkylation sites (tertiary alicyclic amines) is 1. The lowest BCUT2D eigenvalue weighted by atomic mass is 9.87. The molecular weight excluding hydrogens is 564 g/mol. The standard InChI is InChI=1S/C27H24ClF6N3O3/c1-2-14-5-4-8-19-20(14)36-23(38)22(35-21(19)15-6-3-7-16(28)13-15)37-24(39)17(9-11-26(29,30)31)18(25(37)40)10-12-27(32,33)34/h3-8,13,17-18,22H,2,9-12H2,1H3,(H,36,38)/t17-,18+,22-/m0/s1. The van der Waals surface area contributed by atoms with Crippen LogP contribution in [0.15, 0.2) is 47.5 Å². The number of alkyl halides is 6. The number of aliphatic imine (C=N–C) groups is 1. The van der Waals surface area contributed by atoms with Crippen LogP contribution in [0.4, 0.5) is 32.0 Å². The molecule has 0 unspecified atom stereocenters. The van der Waals surface area contributed by atoms with E-state index in [4.69, 9.17) is 11.6 Å². The maximum Gasteiger partial charge on any atom is 0.389 e. The zero-order valence-corrected chi connectivity index (χ0v) is 21.8. The first-order valence-electron chi connectivity index (χ1n) is 12.5. The van der Waals surface area contributed by atoms with Gasteiger partial charge in [-0.2, -0.15) is 26.3 Å². The fourth-order valence-electron chi connectivity index (χ4n) is 5.06. The van der Waals surface area contributed by atoms with Crippen molar-refractivity contribution in [2.24, 2.45) is 16.8 Å². The van der Waals surface area contributed by atoms with Crippen molar-refractivity contribution < 1.29 is 40.7 Å². The summed E-state index contributed by atoms with van der Waals surface area (Å²) in [6, 6.07) is 11.5. The minimum absolute atomic E-state index is 0.169. The van der Waals surface area contributed by atoms with Crippen LogP contribution in [0.5, 0.6) is 0 Å². The molecule has 214 valence electrons. The number of amides is 3. The Morgan fingerprint density at radius 3 is 2.00 bits per heavy atom. The Kier molecular flexibility index (Phi) is 8.30. The number of benzene rings is 2. The van der Waals surface area contributed by atoms with Gasteiger partial charge in [0.05, 0.1) is 23.2 Å². The molecule has 40 heavy (non-hydrogen) atoms. The molecule has 6 nitrogen and oxygen atoms in total. The van der Waals surface area contributed by atoms with E-state index in [-0.39, 0.29) is 5.71 Å². The van der Waals surface area contributed by atoms with Gasteiger partial charge in [-0.15, -0.1) is 0 Å². The second-order valence-electron chi connectivity index (χ2n) is 9.61. The highest BCUT2D eigenvalue weighted by Crippen LogP contribution is 2.40. The van der Waals surface area contributed by atoms with Crippen molar-refractivity contribution >= 4 is 40.7 Å². The van der Waals surface area contributed by atoms with Crippen molar-refractivity contribution in [2.45, 2.75) is 57.5 Å². The lowest BCUT2D eigenvalue weighted by Crippen LogP contribution is -2.46. The van der Waals surface area contributed by atoms with Crippen LogP contribution in [-0.2, 0) is 20.8 Å². The molecule has 2 aromatic rings. The topological polar surface area (TPSA) is 78.8 Å². The van der Waals surface area contributed by atoms with Crippen molar-refractivity contribution in [1.82, 2.24) is 4.90 Å². The summed E-state index contributed by atoms with van der Waals surface area (Å²) in [7, 11) is 0. The number of para-hydroxylation sites is 1. The first-order chi connectivity index (χ1) is 18.7. The smallest absolute Gasteiger partial charge is 0.322 e. The van der Waals surface area contributed by atoms with Gasteiger partial charge in [-0.05, 0) is 37.0 Å². The number of carbonyl (C=O) groups excluding carboxylic acids is 3. The average Bonchev–Trinajstić information content (AvgIpc) is 2.99. The number of aryl methyl sites for hydroxylation is 1. The number of carbonyl (C=O) groups is 3. The summed E-state index contributed by atoms with van der Waals surface area (Å²) < 4.78 is 78.1. The van der Waals surface area contributed by atoms with Crippen LogP contribution in [0.3, 0.4) is 0 Å². The summed E-state index contributed by atoms with van der Waals surface area (Å²) in [6.07, 6.45) is -15.5. The molecule has 2 aliphatic heterocycles. The van der Waals surface area contributed by atoms with Gasteiger partial charge in [0.1, 0.15) is 0 Å². The highest BCUT2D eigenvalue weighted by Gasteiger charge is 2.53. The Morgan fingerprint density at radius 2 is 1.48 bits per heavy atom. The third kappa shape index (κ3) is 6.32. The highest BCUT2D eigenvalue weighted by molar-refractivity contribution is 6.31. The van der Waals surface area contributed by atoms with Gasteiger partial charge < -0.3 is 5.32 Å². The van der Waals surface area contributed by atoms with E-state index >= 15 is 0 Å². The van der Waals surface area contributed by atoms with Crippen LogP contribution in [0, 0.1) is 11.8 Å². The molecule has 0 aromatic heterocycles. The molecule has 3 amide bonds. The van der Waals surface area contributed by atoms with Crippen molar-refractivity contribution in [3.05, 3.63) is 64.2 Å². The Balaban J connectivity index is 1.81. The predicted octanol–water partition coefficient (Wildman–Crippen LogP) is 6.30. The van der Waals surface area contributed by atoms with E-state index in [2.05, 4.69) is 10.3 Å². The Hall–Kier alpha value is -3.41. The molecule has 2 aliphatic rings. The van der Waals surface area contributed by atoms with Gasteiger partial charge in [0.2, 0.25) is 18.0 Å². The number of hydrogen-bond donors (Lipinski definition) is 1. The molecule has 13 heteroatoms. The van der Waals surface area contributed by atoms with E-state index < -0.39 is 73.8 Å². The number of nitrogens with zero attached hydrogens (tertiary/aromatic N) is 2. The fraction of sp³-hybridized carbons (Fsp3) is 0.407. The number of nitrogens with one attached hydrogen (secondary N) is 1. The van der Waals surface area contributed by atoms with Crippen LogP contribution in [0.2, 0.25) is 5.02 Å². The third-order valence-corrected chi connectivity index (χ3v) is 7.17. The van der Waals surface area contributed by atoms with Crippen LogP contribution in [0.1, 0.15) is 49.3 Å². The van der Waals surface area contributed by atoms with E-state index in [1.54, 1.807) is 42.5 Å². The summed E-state index contributed by atoms with van der Waals surface area (Å²) in [5, 5.41) is 2.99. The number of benzodiazepines with no additional fused rings is 1. The summed E-state index contributed by atoms with van der Waals surface area (Å²) in [5.74, 6) is -6.64.